The Kier molecular flexibility index (Phi) is 5.15. The van der Waals surface area contributed by atoms with E-state index in [-0.39, 0.29) is 6.61 Å². The third-order valence-electron chi connectivity index (χ3n) is 5.15. The summed E-state index contributed by atoms with van der Waals surface area (Å²) in [6, 6.07) is 9.48. The van der Waals surface area contributed by atoms with Gasteiger partial charge in [-0.2, -0.15) is 0 Å². The highest BCUT2D eigenvalue weighted by molar-refractivity contribution is 5.46. The fourth-order valence-corrected chi connectivity index (χ4v) is 4.04. The number of benzene rings is 1. The van der Waals surface area contributed by atoms with Gasteiger partial charge in [-0.05, 0) is 55.8 Å². The molecule has 2 aliphatic rings. The van der Waals surface area contributed by atoms with E-state index in [1.807, 2.05) is 12.1 Å². The minimum absolute atomic E-state index is 0.119. The molecule has 3 nitrogen and oxygen atoms in total. The molecule has 0 bridgehead atoms. The maximum Gasteiger partial charge on any atom is 0.0682 e. The van der Waals surface area contributed by atoms with Crippen LogP contribution in [0.4, 0.5) is 5.69 Å². The molecule has 3 atom stereocenters. The molecule has 1 heterocycles. The quantitative estimate of drug-likeness (QED) is 0.796. The first-order chi connectivity index (χ1) is 10.4. The standard InChI is InChI=1S/C18H28N2O/c21-13-14-6-5-7-15(12-14)20-18-10-2-1-8-16(18)17-9-3-4-11-19-17/h5-7,12,16-21H,1-4,8-11,13H2. The van der Waals surface area contributed by atoms with E-state index in [4.69, 9.17) is 0 Å². The molecule has 1 aromatic carbocycles. The first kappa shape index (κ1) is 14.9. The molecular formula is C18H28N2O. The van der Waals surface area contributed by atoms with Gasteiger partial charge >= 0.3 is 0 Å². The van der Waals surface area contributed by atoms with E-state index >= 15 is 0 Å². The zero-order valence-electron chi connectivity index (χ0n) is 12.9. The summed E-state index contributed by atoms with van der Waals surface area (Å²) in [5.41, 5.74) is 2.15. The van der Waals surface area contributed by atoms with E-state index in [0.717, 1.165) is 17.2 Å². The third-order valence-corrected chi connectivity index (χ3v) is 5.15. The SMILES string of the molecule is OCc1cccc(NC2CCCCC2C2CCCCN2)c1. The van der Waals surface area contributed by atoms with Crippen molar-refractivity contribution in [3.05, 3.63) is 29.8 Å². The van der Waals surface area contributed by atoms with Crippen molar-refractivity contribution in [2.45, 2.75) is 63.6 Å². The number of rotatable bonds is 4. The maximum atomic E-state index is 9.29. The molecule has 1 saturated heterocycles. The van der Waals surface area contributed by atoms with Gasteiger partial charge in [-0.3, -0.25) is 0 Å². The number of piperidine rings is 1. The van der Waals surface area contributed by atoms with Gasteiger partial charge in [0, 0.05) is 17.8 Å². The lowest BCUT2D eigenvalue weighted by Gasteiger charge is -2.40. The van der Waals surface area contributed by atoms with Gasteiger partial charge in [0.05, 0.1) is 6.61 Å². The van der Waals surface area contributed by atoms with Gasteiger partial charge in [0.15, 0.2) is 0 Å². The number of aliphatic hydroxyl groups is 1. The van der Waals surface area contributed by atoms with Crippen LogP contribution in [0.1, 0.15) is 50.5 Å². The predicted molar refractivity (Wildman–Crippen MR) is 87.4 cm³/mol. The Morgan fingerprint density at radius 3 is 2.76 bits per heavy atom. The Morgan fingerprint density at radius 1 is 1.10 bits per heavy atom. The molecule has 3 rings (SSSR count). The average molecular weight is 288 g/mol. The number of nitrogens with one attached hydrogen (secondary N) is 2. The van der Waals surface area contributed by atoms with Crippen LogP contribution in [0.3, 0.4) is 0 Å². The van der Waals surface area contributed by atoms with Crippen molar-refractivity contribution in [3.8, 4) is 0 Å². The third kappa shape index (κ3) is 3.78. The molecule has 3 heteroatoms. The Labute approximate surface area is 128 Å². The van der Waals surface area contributed by atoms with Gasteiger partial charge in [0.25, 0.3) is 0 Å². The van der Waals surface area contributed by atoms with Gasteiger partial charge in [-0.15, -0.1) is 0 Å². The summed E-state index contributed by atoms with van der Waals surface area (Å²) in [5, 5.41) is 16.8. The highest BCUT2D eigenvalue weighted by Gasteiger charge is 2.32. The monoisotopic (exact) mass is 288 g/mol. The molecule has 3 unspecified atom stereocenters. The maximum absolute atomic E-state index is 9.29. The van der Waals surface area contributed by atoms with Crippen LogP contribution in [-0.4, -0.2) is 23.7 Å². The minimum Gasteiger partial charge on any atom is -0.392 e. The molecule has 2 fully saturated rings. The van der Waals surface area contributed by atoms with E-state index in [1.165, 1.54) is 51.5 Å². The summed E-state index contributed by atoms with van der Waals surface area (Å²) < 4.78 is 0. The summed E-state index contributed by atoms with van der Waals surface area (Å²) >= 11 is 0. The van der Waals surface area contributed by atoms with Crippen molar-refractivity contribution in [1.82, 2.24) is 5.32 Å². The second-order valence-electron chi connectivity index (χ2n) is 6.61. The lowest BCUT2D eigenvalue weighted by Crippen LogP contribution is -2.48. The fourth-order valence-electron chi connectivity index (χ4n) is 4.04. The highest BCUT2D eigenvalue weighted by atomic mass is 16.3. The van der Waals surface area contributed by atoms with E-state index in [9.17, 15) is 5.11 Å². The van der Waals surface area contributed by atoms with E-state index in [0.29, 0.717) is 12.1 Å². The minimum atomic E-state index is 0.119. The highest BCUT2D eigenvalue weighted by Crippen LogP contribution is 2.32. The predicted octanol–water partition coefficient (Wildman–Crippen LogP) is 3.29. The zero-order valence-corrected chi connectivity index (χ0v) is 12.9. The van der Waals surface area contributed by atoms with Crippen LogP contribution in [-0.2, 0) is 6.61 Å². The smallest absolute Gasteiger partial charge is 0.0682 e. The summed E-state index contributed by atoms with van der Waals surface area (Å²) in [5.74, 6) is 0.747. The van der Waals surface area contributed by atoms with E-state index in [2.05, 4.69) is 22.8 Å². The largest absolute Gasteiger partial charge is 0.392 e. The van der Waals surface area contributed by atoms with Crippen LogP contribution in [0.25, 0.3) is 0 Å². The van der Waals surface area contributed by atoms with Gasteiger partial charge in [-0.1, -0.05) is 31.4 Å². The van der Waals surface area contributed by atoms with Crippen LogP contribution in [0.5, 0.6) is 0 Å². The van der Waals surface area contributed by atoms with E-state index < -0.39 is 0 Å². The first-order valence-corrected chi connectivity index (χ1v) is 8.56. The topological polar surface area (TPSA) is 44.3 Å². The number of aliphatic hydroxyl groups excluding tert-OH is 1. The Bertz CT molecular complexity index is 443. The van der Waals surface area contributed by atoms with Crippen molar-refractivity contribution in [3.63, 3.8) is 0 Å². The number of hydrogen-bond acceptors (Lipinski definition) is 3. The molecular weight excluding hydrogens is 260 g/mol. The summed E-state index contributed by atoms with van der Waals surface area (Å²) in [4.78, 5) is 0. The van der Waals surface area contributed by atoms with Crippen molar-refractivity contribution < 1.29 is 5.11 Å². The molecule has 116 valence electrons. The fraction of sp³-hybridized carbons (Fsp3) is 0.667. The molecule has 1 saturated carbocycles. The van der Waals surface area contributed by atoms with Crippen LogP contribution < -0.4 is 10.6 Å². The Morgan fingerprint density at radius 2 is 1.95 bits per heavy atom. The van der Waals surface area contributed by atoms with Crippen LogP contribution in [0.2, 0.25) is 0 Å². The lowest BCUT2D eigenvalue weighted by atomic mass is 9.77. The van der Waals surface area contributed by atoms with Crippen molar-refractivity contribution in [2.75, 3.05) is 11.9 Å². The molecule has 0 aromatic heterocycles. The van der Waals surface area contributed by atoms with Gasteiger partial charge in [-0.25, -0.2) is 0 Å². The van der Waals surface area contributed by atoms with Crippen LogP contribution in [0.15, 0.2) is 24.3 Å². The molecule has 0 amide bonds. The van der Waals surface area contributed by atoms with Gasteiger partial charge in [0.1, 0.15) is 0 Å². The lowest BCUT2D eigenvalue weighted by molar-refractivity contribution is 0.217. The number of anilines is 1. The molecule has 21 heavy (non-hydrogen) atoms. The van der Waals surface area contributed by atoms with Crippen molar-refractivity contribution >= 4 is 5.69 Å². The molecule has 1 aromatic rings. The number of hydrogen-bond donors (Lipinski definition) is 3. The van der Waals surface area contributed by atoms with Crippen LogP contribution in [0, 0.1) is 5.92 Å². The van der Waals surface area contributed by atoms with Gasteiger partial charge in [0.2, 0.25) is 0 Å². The summed E-state index contributed by atoms with van der Waals surface area (Å²) in [7, 11) is 0. The second-order valence-corrected chi connectivity index (χ2v) is 6.61. The molecule has 0 radical (unpaired) electrons. The molecule has 1 aliphatic heterocycles. The first-order valence-electron chi connectivity index (χ1n) is 8.56. The second kappa shape index (κ2) is 7.28. The average Bonchev–Trinajstić information content (AvgIpc) is 2.56. The summed E-state index contributed by atoms with van der Waals surface area (Å²) in [6.45, 7) is 1.31. The Hall–Kier alpha value is -1.06. The zero-order chi connectivity index (χ0) is 14.5. The van der Waals surface area contributed by atoms with Gasteiger partial charge < -0.3 is 15.7 Å². The molecule has 0 spiro atoms. The normalized spacial score (nSPS) is 30.0. The van der Waals surface area contributed by atoms with E-state index in [1.54, 1.807) is 0 Å². The van der Waals surface area contributed by atoms with Crippen molar-refractivity contribution in [1.29, 1.82) is 0 Å². The molecule has 1 aliphatic carbocycles. The summed E-state index contributed by atoms with van der Waals surface area (Å²) in [6.07, 6.45) is 9.36. The van der Waals surface area contributed by atoms with Crippen molar-refractivity contribution in [2.24, 2.45) is 5.92 Å². The molecule has 3 N–H and O–H groups in total. The Balaban J connectivity index is 1.68. The van der Waals surface area contributed by atoms with Crippen LogP contribution >= 0.6 is 0 Å².